The molecule has 10 nitrogen and oxygen atoms in total. The average molecular weight is 1080 g/mol. The molecule has 4 rings (SSSR count). The van der Waals surface area contributed by atoms with Crippen LogP contribution in [-0.2, 0) is 29.3 Å². The largest absolute Gasteiger partial charge is 0.494 e. The molecule has 78 heavy (non-hydrogen) atoms. The lowest BCUT2D eigenvalue weighted by molar-refractivity contribution is 0.0257. The Morgan fingerprint density at radius 2 is 0.654 bits per heavy atom. The molecule has 0 aliphatic heterocycles. The Labute approximate surface area is 473 Å². The Hall–Kier alpha value is -4.93. The van der Waals surface area contributed by atoms with Gasteiger partial charge in [-0.1, -0.05) is 231 Å². The van der Waals surface area contributed by atoms with Gasteiger partial charge in [0.25, 0.3) is 0 Å². The highest BCUT2D eigenvalue weighted by atomic mass is 16.6. The molecule has 0 aliphatic carbocycles. The summed E-state index contributed by atoms with van der Waals surface area (Å²) >= 11 is 0. The van der Waals surface area contributed by atoms with Crippen LogP contribution in [0.5, 0.6) is 34.5 Å². The number of ether oxygens (including phenoxy) is 8. The second-order valence-electron chi connectivity index (χ2n) is 21.2. The van der Waals surface area contributed by atoms with Crippen LogP contribution in [0.3, 0.4) is 0 Å². The zero-order chi connectivity index (χ0) is 55.2. The third kappa shape index (κ3) is 31.0. The first kappa shape index (κ1) is 65.6. The van der Waals surface area contributed by atoms with E-state index < -0.39 is 5.97 Å². The highest BCUT2D eigenvalue weighted by Crippen LogP contribution is 2.41. The number of carbonyl (C=O) groups is 1. The molecule has 0 aliphatic rings. The minimum absolute atomic E-state index is 0.0175. The van der Waals surface area contributed by atoms with Crippen molar-refractivity contribution in [3.05, 3.63) is 107 Å². The van der Waals surface area contributed by atoms with E-state index in [1.807, 2.05) is 72.8 Å². The molecule has 436 valence electrons. The fourth-order valence-corrected chi connectivity index (χ4v) is 9.36. The molecule has 0 saturated carbocycles. The van der Waals surface area contributed by atoms with Crippen LogP contribution in [0.2, 0.25) is 0 Å². The van der Waals surface area contributed by atoms with E-state index in [0.29, 0.717) is 37.1 Å². The summed E-state index contributed by atoms with van der Waals surface area (Å²) in [7, 11) is 0. The van der Waals surface area contributed by atoms with Gasteiger partial charge in [0.05, 0.1) is 45.2 Å². The van der Waals surface area contributed by atoms with Gasteiger partial charge in [0.1, 0.15) is 43.7 Å². The summed E-state index contributed by atoms with van der Waals surface area (Å²) in [4.78, 5) is 13.6. The van der Waals surface area contributed by atoms with Crippen molar-refractivity contribution in [2.45, 2.75) is 233 Å². The SMILES string of the molecule is CCCCCCCCCCCCOc1ccc(COc2cc(C(=O)OCCOCCO)cc(OCc3ccc(OCCCCCCCCCCCC)cc3)c2OCc2ccc(OCCCCCCCCCCCC)cc2)cc1. The first-order valence-corrected chi connectivity index (χ1v) is 31.1. The molecule has 1 N–H and O–H groups in total. The molecular formula is C68H104O10. The molecule has 0 aromatic heterocycles. The summed E-state index contributed by atoms with van der Waals surface area (Å²) in [5.74, 6) is 2.96. The third-order valence-electron chi connectivity index (χ3n) is 14.2. The van der Waals surface area contributed by atoms with E-state index in [-0.39, 0.29) is 51.8 Å². The molecule has 10 heteroatoms. The lowest BCUT2D eigenvalue weighted by Gasteiger charge is -2.19. The van der Waals surface area contributed by atoms with Crippen molar-refractivity contribution in [2.75, 3.05) is 46.2 Å². The molecule has 0 unspecified atom stereocenters. The number of rotatable bonds is 51. The van der Waals surface area contributed by atoms with Gasteiger partial charge in [-0.05, 0) is 84.5 Å². The molecular weight excluding hydrogens is 977 g/mol. The maximum absolute atomic E-state index is 13.6. The van der Waals surface area contributed by atoms with Crippen LogP contribution in [0.1, 0.15) is 240 Å². The van der Waals surface area contributed by atoms with Gasteiger partial charge in [-0.15, -0.1) is 0 Å². The molecule has 4 aromatic rings. The van der Waals surface area contributed by atoms with Gasteiger partial charge in [-0.3, -0.25) is 0 Å². The lowest BCUT2D eigenvalue weighted by atomic mass is 10.1. The second-order valence-corrected chi connectivity index (χ2v) is 21.2. The van der Waals surface area contributed by atoms with Crippen LogP contribution in [0.25, 0.3) is 0 Å². The Balaban J connectivity index is 1.41. The van der Waals surface area contributed by atoms with Crippen LogP contribution in [-0.4, -0.2) is 57.3 Å². The number of hydrogen-bond acceptors (Lipinski definition) is 10. The van der Waals surface area contributed by atoms with E-state index >= 15 is 0 Å². The highest BCUT2D eigenvalue weighted by Gasteiger charge is 2.21. The summed E-state index contributed by atoms with van der Waals surface area (Å²) in [5.41, 5.74) is 3.02. The topological polar surface area (TPSA) is 111 Å². The maximum atomic E-state index is 13.6. The zero-order valence-corrected chi connectivity index (χ0v) is 49.0. The van der Waals surface area contributed by atoms with Crippen molar-refractivity contribution in [1.29, 1.82) is 0 Å². The molecule has 0 atom stereocenters. The standard InChI is InChI=1S/C68H104O10/c1-4-7-10-13-16-19-22-25-28-31-47-72-62-40-34-58(35-41-62)55-76-65-53-61(68(70)75-52-51-71-50-46-69)54-66(77-56-59-36-42-63(43-37-59)73-48-32-29-26-23-20-17-14-11-8-5-2)67(65)78-57-60-38-44-64(45-39-60)74-49-33-30-27-24-21-18-15-12-9-6-3/h34-45,53-54,69H,4-33,46-52,55-57H2,1-3H3. The predicted molar refractivity (Wildman–Crippen MR) is 319 cm³/mol. The van der Waals surface area contributed by atoms with E-state index in [0.717, 1.165) is 53.2 Å². The molecule has 0 amide bonds. The van der Waals surface area contributed by atoms with Crippen molar-refractivity contribution in [2.24, 2.45) is 0 Å². The first-order valence-electron chi connectivity index (χ1n) is 31.1. The summed E-state index contributed by atoms with van der Waals surface area (Å²) in [6.45, 7) is 9.72. The van der Waals surface area contributed by atoms with Crippen LogP contribution in [0, 0.1) is 0 Å². The number of esters is 1. The van der Waals surface area contributed by atoms with Crippen molar-refractivity contribution in [3.63, 3.8) is 0 Å². The van der Waals surface area contributed by atoms with Crippen molar-refractivity contribution in [1.82, 2.24) is 0 Å². The molecule has 0 heterocycles. The normalized spacial score (nSPS) is 11.2. The molecule has 0 bridgehead atoms. The average Bonchev–Trinajstić information content (AvgIpc) is 3.47. The first-order chi connectivity index (χ1) is 38.5. The smallest absolute Gasteiger partial charge is 0.338 e. The Kier molecular flexibility index (Phi) is 37.7. The van der Waals surface area contributed by atoms with Gasteiger partial charge in [0.15, 0.2) is 11.5 Å². The van der Waals surface area contributed by atoms with E-state index in [1.165, 1.54) is 173 Å². The van der Waals surface area contributed by atoms with Gasteiger partial charge in [-0.2, -0.15) is 0 Å². The van der Waals surface area contributed by atoms with E-state index in [9.17, 15) is 4.79 Å². The lowest BCUT2D eigenvalue weighted by Crippen LogP contribution is -2.13. The predicted octanol–water partition coefficient (Wildman–Crippen LogP) is 18.5. The van der Waals surface area contributed by atoms with Crippen LogP contribution >= 0.6 is 0 Å². The van der Waals surface area contributed by atoms with Crippen LogP contribution < -0.4 is 28.4 Å². The molecule has 4 aromatic carbocycles. The molecule has 0 fully saturated rings. The number of carbonyl (C=O) groups excluding carboxylic acids is 1. The van der Waals surface area contributed by atoms with E-state index in [2.05, 4.69) is 20.8 Å². The molecule has 0 spiro atoms. The minimum Gasteiger partial charge on any atom is -0.494 e. The van der Waals surface area contributed by atoms with Gasteiger partial charge in [0, 0.05) is 0 Å². The van der Waals surface area contributed by atoms with Gasteiger partial charge < -0.3 is 43.0 Å². The molecule has 0 radical (unpaired) electrons. The summed E-state index contributed by atoms with van der Waals surface area (Å²) in [6.07, 6.45) is 38.6. The van der Waals surface area contributed by atoms with Crippen molar-refractivity contribution < 1.29 is 47.8 Å². The zero-order valence-electron chi connectivity index (χ0n) is 49.0. The van der Waals surface area contributed by atoms with E-state index in [1.54, 1.807) is 12.1 Å². The Bertz CT molecular complexity index is 1940. The van der Waals surface area contributed by atoms with Gasteiger partial charge in [0.2, 0.25) is 5.75 Å². The quantitative estimate of drug-likeness (QED) is 0.0339. The minimum atomic E-state index is -0.565. The number of aliphatic hydroxyl groups is 1. The summed E-state index contributed by atoms with van der Waals surface area (Å²) in [6, 6.07) is 27.2. The third-order valence-corrected chi connectivity index (χ3v) is 14.2. The summed E-state index contributed by atoms with van der Waals surface area (Å²) < 4.78 is 49.1. The Morgan fingerprint density at radius 1 is 0.346 bits per heavy atom. The number of hydrogen-bond donors (Lipinski definition) is 1. The molecule has 0 saturated heterocycles. The highest BCUT2D eigenvalue weighted by molar-refractivity contribution is 5.91. The van der Waals surface area contributed by atoms with Gasteiger partial charge >= 0.3 is 5.97 Å². The van der Waals surface area contributed by atoms with Crippen molar-refractivity contribution in [3.8, 4) is 34.5 Å². The van der Waals surface area contributed by atoms with Crippen LogP contribution in [0.15, 0.2) is 84.9 Å². The maximum Gasteiger partial charge on any atom is 0.338 e. The monoisotopic (exact) mass is 1080 g/mol. The van der Waals surface area contributed by atoms with E-state index in [4.69, 9.17) is 43.0 Å². The number of unbranched alkanes of at least 4 members (excludes halogenated alkanes) is 27. The summed E-state index contributed by atoms with van der Waals surface area (Å²) in [5, 5.41) is 9.15. The number of benzene rings is 4. The Morgan fingerprint density at radius 3 is 0.974 bits per heavy atom. The fourth-order valence-electron chi connectivity index (χ4n) is 9.36. The van der Waals surface area contributed by atoms with Crippen molar-refractivity contribution >= 4 is 5.97 Å². The van der Waals surface area contributed by atoms with Gasteiger partial charge in [-0.25, -0.2) is 4.79 Å². The second kappa shape index (κ2) is 44.9. The fraction of sp³-hybridized carbons (Fsp3) is 0.632. The van der Waals surface area contributed by atoms with Crippen LogP contribution in [0.4, 0.5) is 0 Å². The number of aliphatic hydroxyl groups excluding tert-OH is 1.